The van der Waals surface area contributed by atoms with Crippen LogP contribution in [-0.4, -0.2) is 42.3 Å². The van der Waals surface area contributed by atoms with Gasteiger partial charge in [0, 0.05) is 19.4 Å². The number of carbonyl (C=O) groups is 3. The van der Waals surface area contributed by atoms with E-state index in [0.717, 1.165) is 0 Å². The van der Waals surface area contributed by atoms with Crippen molar-refractivity contribution in [3.05, 3.63) is 0 Å². The lowest BCUT2D eigenvalue weighted by Crippen LogP contribution is -2.48. The number of hydrogen-bond acceptors (Lipinski definition) is 4. The fourth-order valence-electron chi connectivity index (χ4n) is 1.60. The summed E-state index contributed by atoms with van der Waals surface area (Å²) < 4.78 is 5.28. The van der Waals surface area contributed by atoms with Gasteiger partial charge in [-0.3, -0.25) is 14.9 Å². The van der Waals surface area contributed by atoms with Gasteiger partial charge in [-0.15, -0.1) is 0 Å². The predicted octanol–water partition coefficient (Wildman–Crippen LogP) is 1.52. The first-order chi connectivity index (χ1) is 9.86. The lowest BCUT2D eigenvalue weighted by atomic mass is 10.1. The van der Waals surface area contributed by atoms with Gasteiger partial charge in [0.1, 0.15) is 0 Å². The van der Waals surface area contributed by atoms with Crippen molar-refractivity contribution in [3.8, 4) is 0 Å². The third-order valence-corrected chi connectivity index (χ3v) is 2.92. The molecule has 0 radical (unpaired) electrons. The molecule has 0 bridgehead atoms. The van der Waals surface area contributed by atoms with Crippen LogP contribution in [0.15, 0.2) is 0 Å². The Kier molecular flexibility index (Phi) is 10.2. The molecule has 0 aromatic heterocycles. The molecule has 122 valence electrons. The molecule has 0 heterocycles. The van der Waals surface area contributed by atoms with Crippen LogP contribution < -0.4 is 10.6 Å². The van der Waals surface area contributed by atoms with Crippen LogP contribution in [-0.2, 0) is 14.3 Å². The summed E-state index contributed by atoms with van der Waals surface area (Å²) in [5.41, 5.74) is 0. The van der Waals surface area contributed by atoms with Gasteiger partial charge >= 0.3 is 12.0 Å². The molecule has 0 aliphatic heterocycles. The van der Waals surface area contributed by atoms with E-state index in [2.05, 4.69) is 10.6 Å². The number of carboxylic acids is 1. The zero-order valence-electron chi connectivity index (χ0n) is 13.0. The van der Waals surface area contributed by atoms with Crippen molar-refractivity contribution >= 4 is 17.9 Å². The van der Waals surface area contributed by atoms with Gasteiger partial charge in [0.2, 0.25) is 5.91 Å². The van der Waals surface area contributed by atoms with Gasteiger partial charge in [-0.2, -0.15) is 0 Å². The molecule has 7 nitrogen and oxygen atoms in total. The van der Waals surface area contributed by atoms with Gasteiger partial charge in [0.15, 0.2) is 0 Å². The number of nitrogens with one attached hydrogen (secondary N) is 2. The number of urea groups is 1. The summed E-state index contributed by atoms with van der Waals surface area (Å²) >= 11 is 0. The maximum atomic E-state index is 11.7. The first-order valence-corrected chi connectivity index (χ1v) is 7.26. The quantitative estimate of drug-likeness (QED) is 0.531. The smallest absolute Gasteiger partial charge is 0.321 e. The van der Waals surface area contributed by atoms with Crippen LogP contribution in [0.25, 0.3) is 0 Å². The average molecular weight is 302 g/mol. The number of carbonyl (C=O) groups excluding carboxylic acids is 2. The highest BCUT2D eigenvalue weighted by Gasteiger charge is 2.17. The van der Waals surface area contributed by atoms with E-state index in [-0.39, 0.29) is 24.8 Å². The van der Waals surface area contributed by atoms with Crippen LogP contribution >= 0.6 is 0 Å². The molecule has 0 fully saturated rings. The maximum Gasteiger partial charge on any atom is 0.321 e. The lowest BCUT2D eigenvalue weighted by molar-refractivity contribution is -0.137. The molecule has 0 spiro atoms. The Morgan fingerprint density at radius 2 is 1.76 bits per heavy atom. The van der Waals surface area contributed by atoms with E-state index in [1.54, 1.807) is 0 Å². The number of rotatable bonds is 10. The minimum absolute atomic E-state index is 0.0310. The Morgan fingerprint density at radius 1 is 1.14 bits per heavy atom. The van der Waals surface area contributed by atoms with Crippen LogP contribution in [0.4, 0.5) is 4.79 Å². The summed E-state index contributed by atoms with van der Waals surface area (Å²) in [4.78, 5) is 33.5. The summed E-state index contributed by atoms with van der Waals surface area (Å²) in [7, 11) is 0. The molecule has 0 saturated carbocycles. The Hall–Kier alpha value is -1.63. The molecule has 0 saturated heterocycles. The first-order valence-electron chi connectivity index (χ1n) is 7.26. The van der Waals surface area contributed by atoms with Gasteiger partial charge in [-0.25, -0.2) is 4.79 Å². The normalized spacial score (nSPS) is 12.0. The van der Waals surface area contributed by atoms with Gasteiger partial charge in [-0.1, -0.05) is 13.8 Å². The number of carboxylic acid groups (broad SMARTS) is 1. The molecule has 1 unspecified atom stereocenters. The van der Waals surface area contributed by atoms with Crippen molar-refractivity contribution in [2.75, 3.05) is 13.2 Å². The molecule has 21 heavy (non-hydrogen) atoms. The fraction of sp³-hybridized carbons (Fsp3) is 0.786. The second kappa shape index (κ2) is 11.1. The molecule has 0 aliphatic carbocycles. The molecule has 0 aliphatic rings. The highest BCUT2D eigenvalue weighted by atomic mass is 16.5. The second-order valence-corrected chi connectivity index (χ2v) is 5.13. The predicted molar refractivity (Wildman–Crippen MR) is 77.9 cm³/mol. The Bertz CT molecular complexity index is 344. The van der Waals surface area contributed by atoms with Crippen molar-refractivity contribution < 1.29 is 24.2 Å². The van der Waals surface area contributed by atoms with Gasteiger partial charge < -0.3 is 15.2 Å². The summed E-state index contributed by atoms with van der Waals surface area (Å²) in [6, 6.07) is -0.707. The molecule has 7 heteroatoms. The van der Waals surface area contributed by atoms with E-state index >= 15 is 0 Å². The average Bonchev–Trinajstić information content (AvgIpc) is 2.39. The van der Waals surface area contributed by atoms with E-state index < -0.39 is 17.9 Å². The summed E-state index contributed by atoms with van der Waals surface area (Å²) in [5, 5.41) is 13.4. The van der Waals surface area contributed by atoms with E-state index in [1.165, 1.54) is 0 Å². The highest BCUT2D eigenvalue weighted by Crippen LogP contribution is 2.03. The Morgan fingerprint density at radius 3 is 2.29 bits per heavy atom. The molecule has 1 atom stereocenters. The third kappa shape index (κ3) is 10.8. The van der Waals surface area contributed by atoms with Crippen LogP contribution in [0, 0.1) is 5.92 Å². The third-order valence-electron chi connectivity index (χ3n) is 2.92. The van der Waals surface area contributed by atoms with E-state index in [0.29, 0.717) is 26.1 Å². The fourth-order valence-corrected chi connectivity index (χ4v) is 1.60. The van der Waals surface area contributed by atoms with Crippen LogP contribution in [0.2, 0.25) is 0 Å². The van der Waals surface area contributed by atoms with Crippen molar-refractivity contribution in [1.82, 2.24) is 10.6 Å². The topological polar surface area (TPSA) is 105 Å². The monoisotopic (exact) mass is 302 g/mol. The molecule has 0 aromatic carbocycles. The molecular weight excluding hydrogens is 276 g/mol. The number of aliphatic carboxylic acids is 1. The molecule has 3 amide bonds. The number of hydrogen-bond donors (Lipinski definition) is 3. The molecular formula is C14H26N2O5. The largest absolute Gasteiger partial charge is 0.481 e. The minimum atomic E-state index is -0.885. The van der Waals surface area contributed by atoms with Crippen LogP contribution in [0.1, 0.15) is 46.5 Å². The summed E-state index contributed by atoms with van der Waals surface area (Å²) in [6.45, 7) is 6.75. The standard InChI is InChI=1S/C14H26N2O5/c1-4-21-9-11(10(2)3)15-14(20)16-12(17)7-5-6-8-13(18)19/h10-11H,4-9H2,1-3H3,(H,18,19)(H2,15,16,17,20). The summed E-state index contributed by atoms with van der Waals surface area (Å²) in [6.07, 6.45) is 1.03. The Balaban J connectivity index is 3.98. The minimum Gasteiger partial charge on any atom is -0.481 e. The van der Waals surface area contributed by atoms with Crippen LogP contribution in [0.3, 0.4) is 0 Å². The number of imide groups is 1. The van der Waals surface area contributed by atoms with E-state index in [9.17, 15) is 14.4 Å². The SMILES string of the molecule is CCOCC(NC(=O)NC(=O)CCCCC(=O)O)C(C)C. The highest BCUT2D eigenvalue weighted by molar-refractivity contribution is 5.94. The van der Waals surface area contributed by atoms with Gasteiger partial charge in [-0.05, 0) is 25.7 Å². The molecule has 3 N–H and O–H groups in total. The second-order valence-electron chi connectivity index (χ2n) is 5.13. The number of amides is 3. The zero-order chi connectivity index (χ0) is 16.3. The van der Waals surface area contributed by atoms with E-state index in [1.807, 2.05) is 20.8 Å². The van der Waals surface area contributed by atoms with Crippen molar-refractivity contribution in [2.24, 2.45) is 5.92 Å². The van der Waals surface area contributed by atoms with Crippen LogP contribution in [0.5, 0.6) is 0 Å². The van der Waals surface area contributed by atoms with Crippen molar-refractivity contribution in [2.45, 2.75) is 52.5 Å². The van der Waals surface area contributed by atoms with Gasteiger partial charge in [0.25, 0.3) is 0 Å². The molecule has 0 rings (SSSR count). The first kappa shape index (κ1) is 19.4. The van der Waals surface area contributed by atoms with Crippen molar-refractivity contribution in [1.29, 1.82) is 0 Å². The maximum absolute atomic E-state index is 11.7. The van der Waals surface area contributed by atoms with E-state index in [4.69, 9.17) is 9.84 Å². The number of ether oxygens (including phenoxy) is 1. The van der Waals surface area contributed by atoms with Gasteiger partial charge in [0.05, 0.1) is 12.6 Å². The zero-order valence-corrected chi connectivity index (χ0v) is 13.0. The Labute approximate surface area is 125 Å². The van der Waals surface area contributed by atoms with Crippen molar-refractivity contribution in [3.63, 3.8) is 0 Å². The summed E-state index contributed by atoms with van der Waals surface area (Å²) in [5.74, 6) is -1.10. The lowest BCUT2D eigenvalue weighted by Gasteiger charge is -2.22. The molecule has 0 aromatic rings. The number of unbranched alkanes of at least 4 members (excludes halogenated alkanes) is 1.